The Morgan fingerprint density at radius 2 is 2.14 bits per heavy atom. The highest BCUT2D eigenvalue weighted by Crippen LogP contribution is 2.45. The minimum absolute atomic E-state index is 0.995. The average Bonchev–Trinajstić information content (AvgIpc) is 2.22. The van der Waals surface area contributed by atoms with E-state index in [1.807, 2.05) is 21.6 Å². The molecule has 2 unspecified atom stereocenters. The summed E-state index contributed by atoms with van der Waals surface area (Å²) in [5.41, 5.74) is 0. The summed E-state index contributed by atoms with van der Waals surface area (Å²) in [5.74, 6) is 1.01. The van der Waals surface area contributed by atoms with Crippen molar-refractivity contribution in [3.8, 4) is 0 Å². The van der Waals surface area contributed by atoms with E-state index >= 15 is 0 Å². The zero-order valence-corrected chi connectivity index (χ0v) is 6.31. The van der Waals surface area contributed by atoms with Crippen LogP contribution in [0.5, 0.6) is 0 Å². The number of rotatable bonds is 2. The van der Waals surface area contributed by atoms with Gasteiger partial charge >= 0.3 is 0 Å². The average molecular weight is 134 g/mol. The maximum Gasteiger partial charge on any atom is 0.0180 e. The lowest BCUT2D eigenvalue weighted by Crippen LogP contribution is -1.68. The molecule has 0 aromatic rings. The molecule has 2 heteroatoms. The van der Waals surface area contributed by atoms with Crippen molar-refractivity contribution < 1.29 is 0 Å². The molecule has 1 fully saturated rings. The highest BCUT2D eigenvalue weighted by atomic mass is 33.1. The lowest BCUT2D eigenvalue weighted by molar-refractivity contribution is 0.989. The quantitative estimate of drug-likeness (QED) is 0.532. The van der Waals surface area contributed by atoms with Crippen molar-refractivity contribution in [1.29, 1.82) is 0 Å². The molecule has 1 aliphatic carbocycles. The first-order valence-corrected chi connectivity index (χ1v) is 5.16. The van der Waals surface area contributed by atoms with E-state index in [0.29, 0.717) is 0 Å². The van der Waals surface area contributed by atoms with Gasteiger partial charge in [-0.25, -0.2) is 0 Å². The molecule has 0 aromatic heterocycles. The number of hydrogen-bond donors (Lipinski definition) is 0. The van der Waals surface area contributed by atoms with Crippen LogP contribution >= 0.6 is 21.6 Å². The molecule has 7 heavy (non-hydrogen) atoms. The maximum absolute atomic E-state index is 2.31. The van der Waals surface area contributed by atoms with Gasteiger partial charge < -0.3 is 0 Å². The number of hydrogen-bond acceptors (Lipinski definition) is 2. The molecule has 0 aliphatic heterocycles. The zero-order chi connectivity index (χ0) is 5.28. The van der Waals surface area contributed by atoms with Gasteiger partial charge in [-0.15, -0.1) is 0 Å². The predicted octanol–water partition coefficient (Wildman–Crippen LogP) is 2.41. The van der Waals surface area contributed by atoms with Gasteiger partial charge in [-0.3, -0.25) is 0 Å². The summed E-state index contributed by atoms with van der Waals surface area (Å²) in [5, 5.41) is 0.995. The summed E-state index contributed by atoms with van der Waals surface area (Å²) in [7, 11) is 3.91. The molecule has 0 heterocycles. The third-order valence-electron chi connectivity index (χ3n) is 1.26. The van der Waals surface area contributed by atoms with Gasteiger partial charge in [0.25, 0.3) is 0 Å². The standard InChI is InChI=1S/C5H10S2/c1-4-3-5(4)7-6-2/h4-5H,3H2,1-2H3. The molecule has 1 saturated carbocycles. The van der Waals surface area contributed by atoms with Crippen LogP contribution in [0.3, 0.4) is 0 Å². The van der Waals surface area contributed by atoms with E-state index in [2.05, 4.69) is 13.2 Å². The third-order valence-corrected chi connectivity index (χ3v) is 3.67. The lowest BCUT2D eigenvalue weighted by Gasteiger charge is -1.86. The summed E-state index contributed by atoms with van der Waals surface area (Å²) < 4.78 is 0. The van der Waals surface area contributed by atoms with E-state index in [1.54, 1.807) is 0 Å². The summed E-state index contributed by atoms with van der Waals surface area (Å²) in [6, 6.07) is 0. The third kappa shape index (κ3) is 1.57. The van der Waals surface area contributed by atoms with Crippen molar-refractivity contribution in [3.05, 3.63) is 0 Å². The lowest BCUT2D eigenvalue weighted by atomic mass is 10.5. The van der Waals surface area contributed by atoms with Gasteiger partial charge in [0.2, 0.25) is 0 Å². The van der Waals surface area contributed by atoms with Crippen molar-refractivity contribution in [2.75, 3.05) is 6.26 Å². The van der Waals surface area contributed by atoms with Gasteiger partial charge in [0.1, 0.15) is 0 Å². The van der Waals surface area contributed by atoms with Crippen molar-refractivity contribution in [2.45, 2.75) is 18.6 Å². The molecule has 1 aliphatic rings. The Hall–Kier alpha value is 0.700. The Bertz CT molecular complexity index is 63.1. The fourth-order valence-electron chi connectivity index (χ4n) is 0.546. The Morgan fingerprint density at radius 1 is 1.57 bits per heavy atom. The van der Waals surface area contributed by atoms with E-state index in [4.69, 9.17) is 0 Å². The predicted molar refractivity (Wildman–Crippen MR) is 38.7 cm³/mol. The molecule has 0 aromatic carbocycles. The molecule has 1 rings (SSSR count). The van der Waals surface area contributed by atoms with Gasteiger partial charge in [0.15, 0.2) is 0 Å². The molecule has 0 spiro atoms. The van der Waals surface area contributed by atoms with Crippen LogP contribution in [0.25, 0.3) is 0 Å². The summed E-state index contributed by atoms with van der Waals surface area (Å²) >= 11 is 0. The van der Waals surface area contributed by atoms with E-state index in [9.17, 15) is 0 Å². The molecule has 0 radical (unpaired) electrons. The SMILES string of the molecule is CSSC1CC1C. The highest BCUT2D eigenvalue weighted by Gasteiger charge is 2.32. The zero-order valence-electron chi connectivity index (χ0n) is 4.68. The molecule has 0 nitrogen and oxygen atoms in total. The second-order valence-electron chi connectivity index (χ2n) is 2.01. The van der Waals surface area contributed by atoms with Gasteiger partial charge in [0, 0.05) is 5.25 Å². The van der Waals surface area contributed by atoms with Gasteiger partial charge in [-0.05, 0) is 18.6 Å². The van der Waals surface area contributed by atoms with Crippen LogP contribution in [0, 0.1) is 5.92 Å². The topological polar surface area (TPSA) is 0 Å². The Kier molecular flexibility index (Phi) is 1.93. The van der Waals surface area contributed by atoms with Crippen molar-refractivity contribution >= 4 is 21.6 Å². The molecule has 0 saturated heterocycles. The van der Waals surface area contributed by atoms with Crippen LogP contribution in [0.2, 0.25) is 0 Å². The van der Waals surface area contributed by atoms with Crippen LogP contribution in [0.1, 0.15) is 13.3 Å². The fraction of sp³-hybridized carbons (Fsp3) is 1.00. The van der Waals surface area contributed by atoms with E-state index < -0.39 is 0 Å². The highest BCUT2D eigenvalue weighted by molar-refractivity contribution is 8.76. The minimum atomic E-state index is 0.995. The molecule has 0 bridgehead atoms. The molecular weight excluding hydrogens is 124 g/mol. The van der Waals surface area contributed by atoms with Crippen molar-refractivity contribution in [2.24, 2.45) is 5.92 Å². The van der Waals surface area contributed by atoms with Gasteiger partial charge in [0.05, 0.1) is 0 Å². The molecule has 0 N–H and O–H groups in total. The second kappa shape index (κ2) is 2.31. The second-order valence-corrected chi connectivity index (χ2v) is 4.72. The monoisotopic (exact) mass is 134 g/mol. The summed E-state index contributed by atoms with van der Waals surface area (Å²) in [6.07, 6.45) is 3.60. The Morgan fingerprint density at radius 3 is 2.29 bits per heavy atom. The first-order chi connectivity index (χ1) is 3.34. The molecular formula is C5H10S2. The van der Waals surface area contributed by atoms with Gasteiger partial charge in [-0.2, -0.15) is 0 Å². The summed E-state index contributed by atoms with van der Waals surface area (Å²) in [6.45, 7) is 2.31. The van der Waals surface area contributed by atoms with Crippen molar-refractivity contribution in [3.63, 3.8) is 0 Å². The van der Waals surface area contributed by atoms with Crippen LogP contribution in [-0.4, -0.2) is 11.5 Å². The summed E-state index contributed by atoms with van der Waals surface area (Å²) in [4.78, 5) is 0. The smallest absolute Gasteiger partial charge is 0.0180 e. The molecule has 0 amide bonds. The molecule has 42 valence electrons. The van der Waals surface area contributed by atoms with E-state index in [-0.39, 0.29) is 0 Å². The minimum Gasteiger partial charge on any atom is -0.0973 e. The van der Waals surface area contributed by atoms with E-state index in [1.165, 1.54) is 6.42 Å². The largest absolute Gasteiger partial charge is 0.0973 e. The van der Waals surface area contributed by atoms with Crippen LogP contribution in [-0.2, 0) is 0 Å². The van der Waals surface area contributed by atoms with Crippen LogP contribution < -0.4 is 0 Å². The Labute approximate surface area is 52.8 Å². The van der Waals surface area contributed by atoms with Crippen LogP contribution in [0.15, 0.2) is 0 Å². The fourth-order valence-corrected chi connectivity index (χ4v) is 2.91. The van der Waals surface area contributed by atoms with Crippen molar-refractivity contribution in [1.82, 2.24) is 0 Å². The maximum atomic E-state index is 2.31. The first kappa shape index (κ1) is 5.83. The van der Waals surface area contributed by atoms with Gasteiger partial charge in [-0.1, -0.05) is 28.5 Å². The normalized spacial score (nSPS) is 38.6. The molecule has 2 atom stereocenters. The Balaban J connectivity index is 1.98. The first-order valence-electron chi connectivity index (χ1n) is 2.54. The van der Waals surface area contributed by atoms with Crippen LogP contribution in [0.4, 0.5) is 0 Å². The van der Waals surface area contributed by atoms with E-state index in [0.717, 1.165) is 11.2 Å².